The van der Waals surface area contributed by atoms with Crippen molar-refractivity contribution in [2.24, 2.45) is 11.8 Å². The molecular formula is C36H39NO. The molecule has 2 aromatic heterocycles. The van der Waals surface area contributed by atoms with Crippen LogP contribution < -0.4 is 0 Å². The molecule has 0 amide bonds. The number of pyridine rings is 1. The summed E-state index contributed by atoms with van der Waals surface area (Å²) in [5, 5.41) is 2.49. The van der Waals surface area contributed by atoms with Crippen LogP contribution in [0.25, 0.3) is 44.3 Å². The number of furan rings is 1. The first kappa shape index (κ1) is 24.9. The van der Waals surface area contributed by atoms with E-state index >= 15 is 0 Å². The Morgan fingerprint density at radius 3 is 2.18 bits per heavy atom. The Morgan fingerprint density at radius 1 is 0.789 bits per heavy atom. The maximum absolute atomic E-state index is 6.74. The van der Waals surface area contributed by atoms with Gasteiger partial charge in [0.25, 0.3) is 0 Å². The van der Waals surface area contributed by atoms with E-state index in [4.69, 9.17) is 9.40 Å². The summed E-state index contributed by atoms with van der Waals surface area (Å²) in [4.78, 5) is 4.90. The topological polar surface area (TPSA) is 26.0 Å². The van der Waals surface area contributed by atoms with Gasteiger partial charge in [-0.2, -0.15) is 0 Å². The largest absolute Gasteiger partial charge is 0.455 e. The number of para-hydroxylation sites is 1. The summed E-state index contributed by atoms with van der Waals surface area (Å²) < 4.78 is 6.74. The van der Waals surface area contributed by atoms with Gasteiger partial charge in [-0.3, -0.25) is 4.98 Å². The lowest BCUT2D eigenvalue weighted by atomic mass is 9.67. The Balaban J connectivity index is 1.67. The van der Waals surface area contributed by atoms with E-state index in [-0.39, 0.29) is 5.41 Å². The Labute approximate surface area is 227 Å². The van der Waals surface area contributed by atoms with Gasteiger partial charge in [-0.1, -0.05) is 84.0 Å². The lowest BCUT2D eigenvalue weighted by molar-refractivity contribution is 0.339. The molecular weight excluding hydrogens is 462 g/mol. The van der Waals surface area contributed by atoms with E-state index < -0.39 is 0 Å². The lowest BCUT2D eigenvalue weighted by Crippen LogP contribution is -2.29. The Bertz CT molecular complexity index is 1660. The molecule has 0 saturated heterocycles. The summed E-state index contributed by atoms with van der Waals surface area (Å²) in [5.74, 6) is 1.60. The molecule has 38 heavy (non-hydrogen) atoms. The number of nitrogens with zero attached hydrogens (tertiary/aromatic N) is 1. The van der Waals surface area contributed by atoms with Gasteiger partial charge in [0.15, 0.2) is 0 Å². The predicted octanol–water partition coefficient (Wildman–Crippen LogP) is 10.4. The van der Waals surface area contributed by atoms with Crippen molar-refractivity contribution in [1.82, 2.24) is 4.98 Å². The van der Waals surface area contributed by atoms with Crippen molar-refractivity contribution in [3.8, 4) is 22.4 Å². The number of benzene rings is 3. The maximum Gasteiger partial charge on any atom is 0.144 e. The molecule has 0 spiro atoms. The SMILES string of the molecule is Cc1cc(-c2cccc3c2oc2ccc4c(c23)C(CC(C)C)(CC(C)C)c2ccccc2-4)ncc1C(C)C. The molecule has 0 radical (unpaired) electrons. The zero-order valence-electron chi connectivity index (χ0n) is 23.9. The molecule has 2 heteroatoms. The van der Waals surface area contributed by atoms with Crippen LogP contribution in [0.3, 0.4) is 0 Å². The third-order valence-corrected chi connectivity index (χ3v) is 8.44. The van der Waals surface area contributed by atoms with Gasteiger partial charge in [0, 0.05) is 27.9 Å². The molecule has 0 saturated carbocycles. The van der Waals surface area contributed by atoms with Gasteiger partial charge in [0.2, 0.25) is 0 Å². The van der Waals surface area contributed by atoms with Crippen molar-refractivity contribution >= 4 is 21.9 Å². The summed E-state index contributed by atoms with van der Waals surface area (Å²) in [5.41, 5.74) is 12.2. The van der Waals surface area contributed by atoms with E-state index in [9.17, 15) is 0 Å². The van der Waals surface area contributed by atoms with Crippen LogP contribution in [0.4, 0.5) is 0 Å². The van der Waals surface area contributed by atoms with Crippen molar-refractivity contribution < 1.29 is 4.42 Å². The molecule has 1 aliphatic rings. The zero-order chi connectivity index (χ0) is 26.8. The normalized spacial score (nSPS) is 14.3. The maximum atomic E-state index is 6.74. The third-order valence-electron chi connectivity index (χ3n) is 8.44. The molecule has 194 valence electrons. The summed E-state index contributed by atoms with van der Waals surface area (Å²) in [6.45, 7) is 16.1. The number of rotatable bonds is 6. The van der Waals surface area contributed by atoms with Crippen LogP contribution >= 0.6 is 0 Å². The van der Waals surface area contributed by atoms with Crippen LogP contribution in [0.1, 0.15) is 82.6 Å². The summed E-state index contributed by atoms with van der Waals surface area (Å²) >= 11 is 0. The van der Waals surface area contributed by atoms with Gasteiger partial charge in [0.1, 0.15) is 11.2 Å². The molecule has 5 aromatic rings. The Kier molecular flexibility index (Phi) is 5.98. The molecule has 0 atom stereocenters. The first-order valence-electron chi connectivity index (χ1n) is 14.3. The Hall–Kier alpha value is -3.39. The zero-order valence-corrected chi connectivity index (χ0v) is 23.9. The molecule has 3 aromatic carbocycles. The van der Waals surface area contributed by atoms with Gasteiger partial charge < -0.3 is 4.42 Å². The standard InChI is InChI=1S/C36H39NO/c1-21(2)18-36(19-22(3)4)30-14-9-8-11-25(30)26-15-16-32-33(34(26)36)28-13-10-12-27(35(28)38-32)31-17-24(7)29(20-37-31)23(5)6/h8-17,20-23H,18-19H2,1-7H3. The summed E-state index contributed by atoms with van der Waals surface area (Å²) in [6.07, 6.45) is 4.29. The second kappa shape index (κ2) is 9.12. The molecule has 0 N–H and O–H groups in total. The van der Waals surface area contributed by atoms with Gasteiger partial charge in [-0.25, -0.2) is 0 Å². The van der Waals surface area contributed by atoms with Crippen molar-refractivity contribution in [2.45, 2.75) is 72.6 Å². The molecule has 1 aliphatic carbocycles. The fourth-order valence-electron chi connectivity index (χ4n) is 7.30. The van der Waals surface area contributed by atoms with Crippen LogP contribution in [0.5, 0.6) is 0 Å². The lowest BCUT2D eigenvalue weighted by Gasteiger charge is -2.36. The molecule has 0 aliphatic heterocycles. The van der Waals surface area contributed by atoms with Gasteiger partial charge in [0.05, 0.1) is 5.69 Å². The highest BCUT2D eigenvalue weighted by Gasteiger charge is 2.45. The number of hydrogen-bond donors (Lipinski definition) is 0. The first-order valence-corrected chi connectivity index (χ1v) is 14.3. The third kappa shape index (κ3) is 3.72. The quantitative estimate of drug-likeness (QED) is 0.231. The van der Waals surface area contributed by atoms with Crippen LogP contribution in [0.15, 0.2) is 71.3 Å². The highest BCUT2D eigenvalue weighted by atomic mass is 16.3. The molecule has 0 bridgehead atoms. The molecule has 6 rings (SSSR count). The number of aromatic nitrogens is 1. The average Bonchev–Trinajstić information content (AvgIpc) is 3.37. The number of fused-ring (bicyclic) bond motifs is 7. The van der Waals surface area contributed by atoms with Crippen LogP contribution in [0.2, 0.25) is 0 Å². The van der Waals surface area contributed by atoms with Crippen LogP contribution in [-0.2, 0) is 5.41 Å². The van der Waals surface area contributed by atoms with Gasteiger partial charge >= 0.3 is 0 Å². The molecule has 0 unspecified atom stereocenters. The second-order valence-corrected chi connectivity index (χ2v) is 12.6. The summed E-state index contributed by atoms with van der Waals surface area (Å²) in [6, 6.07) is 22.4. The molecule has 0 fully saturated rings. The second-order valence-electron chi connectivity index (χ2n) is 12.6. The van der Waals surface area contributed by atoms with E-state index in [0.717, 1.165) is 35.3 Å². The van der Waals surface area contributed by atoms with Crippen molar-refractivity contribution in [2.75, 3.05) is 0 Å². The number of hydrogen-bond acceptors (Lipinski definition) is 2. The van der Waals surface area contributed by atoms with Crippen LogP contribution in [-0.4, -0.2) is 4.98 Å². The van der Waals surface area contributed by atoms with Crippen molar-refractivity contribution in [1.29, 1.82) is 0 Å². The summed E-state index contributed by atoms with van der Waals surface area (Å²) in [7, 11) is 0. The Morgan fingerprint density at radius 2 is 1.50 bits per heavy atom. The van der Waals surface area contributed by atoms with E-state index in [1.807, 2.05) is 6.20 Å². The minimum Gasteiger partial charge on any atom is -0.455 e. The van der Waals surface area contributed by atoms with E-state index in [2.05, 4.69) is 109 Å². The fourth-order valence-corrected chi connectivity index (χ4v) is 7.30. The van der Waals surface area contributed by atoms with Crippen molar-refractivity contribution in [3.05, 3.63) is 89.1 Å². The minimum atomic E-state index is -0.0334. The van der Waals surface area contributed by atoms with E-state index in [1.54, 1.807) is 0 Å². The smallest absolute Gasteiger partial charge is 0.144 e. The monoisotopic (exact) mass is 501 g/mol. The van der Waals surface area contributed by atoms with Gasteiger partial charge in [-0.15, -0.1) is 0 Å². The molecule has 2 nitrogen and oxygen atoms in total. The number of aryl methyl sites for hydroxylation is 1. The van der Waals surface area contributed by atoms with Crippen LogP contribution in [0, 0.1) is 18.8 Å². The molecule has 2 heterocycles. The highest BCUT2D eigenvalue weighted by molar-refractivity contribution is 6.14. The first-order chi connectivity index (χ1) is 18.2. The van der Waals surface area contributed by atoms with Gasteiger partial charge in [-0.05, 0) is 89.1 Å². The van der Waals surface area contributed by atoms with Crippen molar-refractivity contribution in [3.63, 3.8) is 0 Å². The fraction of sp³-hybridized carbons (Fsp3) is 0.361. The van der Waals surface area contributed by atoms with E-state index in [0.29, 0.717) is 17.8 Å². The average molecular weight is 502 g/mol. The highest BCUT2D eigenvalue weighted by Crippen LogP contribution is 2.58. The van der Waals surface area contributed by atoms with E-state index in [1.165, 1.54) is 44.2 Å². The predicted molar refractivity (Wildman–Crippen MR) is 161 cm³/mol. The minimum absolute atomic E-state index is 0.0334.